The minimum absolute atomic E-state index is 0.0539. The lowest BCUT2D eigenvalue weighted by atomic mass is 10.0. The molecule has 0 saturated carbocycles. The van der Waals surface area contributed by atoms with Crippen molar-refractivity contribution in [1.29, 1.82) is 0 Å². The SMILES string of the molecule is O=C1CN(c2cc(C3=NCc4ccccc43)ccn2)CCCN1. The first kappa shape index (κ1) is 13.9. The lowest BCUT2D eigenvalue weighted by Gasteiger charge is -2.20. The summed E-state index contributed by atoms with van der Waals surface area (Å²) >= 11 is 0. The summed E-state index contributed by atoms with van der Waals surface area (Å²) in [4.78, 5) is 22.9. The fourth-order valence-electron chi connectivity index (χ4n) is 3.13. The second-order valence-corrected chi connectivity index (χ2v) is 5.85. The van der Waals surface area contributed by atoms with E-state index in [1.165, 1.54) is 11.1 Å². The van der Waals surface area contributed by atoms with Gasteiger partial charge >= 0.3 is 0 Å². The summed E-state index contributed by atoms with van der Waals surface area (Å²) < 4.78 is 0. The van der Waals surface area contributed by atoms with Crippen LogP contribution in [0.2, 0.25) is 0 Å². The van der Waals surface area contributed by atoms with Crippen LogP contribution in [0.1, 0.15) is 23.1 Å². The van der Waals surface area contributed by atoms with Gasteiger partial charge in [-0.15, -0.1) is 0 Å². The first-order valence-corrected chi connectivity index (χ1v) is 7.92. The Balaban J connectivity index is 1.66. The molecule has 2 aliphatic heterocycles. The Labute approximate surface area is 135 Å². The molecular formula is C18H18N4O. The zero-order valence-corrected chi connectivity index (χ0v) is 12.8. The molecule has 4 rings (SSSR count). The van der Waals surface area contributed by atoms with E-state index in [1.54, 1.807) is 6.20 Å². The molecule has 1 fully saturated rings. The Morgan fingerprint density at radius 3 is 3.04 bits per heavy atom. The number of nitrogens with zero attached hydrogens (tertiary/aromatic N) is 3. The van der Waals surface area contributed by atoms with E-state index in [9.17, 15) is 4.79 Å². The zero-order valence-electron chi connectivity index (χ0n) is 12.8. The lowest BCUT2D eigenvalue weighted by molar-refractivity contribution is -0.119. The molecule has 1 N–H and O–H groups in total. The Hall–Kier alpha value is -2.69. The van der Waals surface area contributed by atoms with E-state index in [2.05, 4.69) is 27.4 Å². The van der Waals surface area contributed by atoms with Gasteiger partial charge in [0.05, 0.1) is 18.8 Å². The number of anilines is 1. The van der Waals surface area contributed by atoms with Crippen molar-refractivity contribution < 1.29 is 4.79 Å². The maximum atomic E-state index is 11.8. The van der Waals surface area contributed by atoms with Crippen LogP contribution in [-0.2, 0) is 11.3 Å². The predicted molar refractivity (Wildman–Crippen MR) is 89.9 cm³/mol. The molecule has 2 aromatic rings. The number of carbonyl (C=O) groups excluding carboxylic acids is 1. The standard InChI is InChI=1S/C18H18N4O/c23-17-12-22(9-3-7-20-17)16-10-13(6-8-19-16)18-15-5-2-1-4-14(15)11-21-18/h1-2,4-6,8,10H,3,7,9,11-12H2,(H,20,23). The molecule has 23 heavy (non-hydrogen) atoms. The molecule has 3 heterocycles. The maximum Gasteiger partial charge on any atom is 0.239 e. The maximum absolute atomic E-state index is 11.8. The van der Waals surface area contributed by atoms with Gasteiger partial charge in [0.15, 0.2) is 0 Å². The number of nitrogens with one attached hydrogen (secondary N) is 1. The molecule has 1 saturated heterocycles. The molecule has 1 aromatic carbocycles. The number of aliphatic imine (C=N–C) groups is 1. The van der Waals surface area contributed by atoms with Gasteiger partial charge in [-0.1, -0.05) is 24.3 Å². The average Bonchev–Trinajstić information content (AvgIpc) is 2.90. The van der Waals surface area contributed by atoms with Crippen molar-refractivity contribution in [3.8, 4) is 0 Å². The summed E-state index contributed by atoms with van der Waals surface area (Å²) in [7, 11) is 0. The summed E-state index contributed by atoms with van der Waals surface area (Å²) in [5.74, 6) is 0.893. The molecule has 0 atom stereocenters. The van der Waals surface area contributed by atoms with Crippen molar-refractivity contribution in [3.05, 3.63) is 59.3 Å². The molecule has 2 aliphatic rings. The third kappa shape index (κ3) is 2.70. The Morgan fingerprint density at radius 2 is 2.09 bits per heavy atom. The minimum atomic E-state index is 0.0539. The van der Waals surface area contributed by atoms with Crippen LogP contribution in [0, 0.1) is 0 Å². The van der Waals surface area contributed by atoms with Crippen molar-refractivity contribution in [2.75, 3.05) is 24.5 Å². The molecule has 0 radical (unpaired) electrons. The first-order valence-electron chi connectivity index (χ1n) is 7.92. The molecule has 1 amide bonds. The van der Waals surface area contributed by atoms with Gasteiger partial charge < -0.3 is 10.2 Å². The number of carbonyl (C=O) groups is 1. The second kappa shape index (κ2) is 5.83. The number of amides is 1. The van der Waals surface area contributed by atoms with Crippen LogP contribution in [0.3, 0.4) is 0 Å². The topological polar surface area (TPSA) is 57.6 Å². The fourth-order valence-corrected chi connectivity index (χ4v) is 3.13. The average molecular weight is 306 g/mol. The van der Waals surface area contributed by atoms with Crippen molar-refractivity contribution in [3.63, 3.8) is 0 Å². The summed E-state index contributed by atoms with van der Waals surface area (Å²) in [6.45, 7) is 2.65. The number of hydrogen-bond donors (Lipinski definition) is 1. The van der Waals surface area contributed by atoms with E-state index < -0.39 is 0 Å². The molecule has 0 unspecified atom stereocenters. The fraction of sp³-hybridized carbons (Fsp3) is 0.278. The van der Waals surface area contributed by atoms with E-state index in [1.807, 2.05) is 29.2 Å². The highest BCUT2D eigenvalue weighted by molar-refractivity contribution is 6.15. The summed E-state index contributed by atoms with van der Waals surface area (Å²) in [6, 6.07) is 12.3. The second-order valence-electron chi connectivity index (χ2n) is 5.85. The van der Waals surface area contributed by atoms with Gasteiger partial charge in [-0.25, -0.2) is 4.98 Å². The Kier molecular flexibility index (Phi) is 3.54. The van der Waals surface area contributed by atoms with Gasteiger partial charge in [-0.3, -0.25) is 9.79 Å². The predicted octanol–water partition coefficient (Wildman–Crippen LogP) is 1.76. The highest BCUT2D eigenvalue weighted by Crippen LogP contribution is 2.24. The number of fused-ring (bicyclic) bond motifs is 1. The Bertz CT molecular complexity index is 784. The molecule has 1 aromatic heterocycles. The molecule has 116 valence electrons. The van der Waals surface area contributed by atoms with E-state index >= 15 is 0 Å². The third-order valence-electron chi connectivity index (χ3n) is 4.28. The van der Waals surface area contributed by atoms with Crippen LogP contribution in [0.5, 0.6) is 0 Å². The van der Waals surface area contributed by atoms with Crippen molar-refractivity contribution in [1.82, 2.24) is 10.3 Å². The molecule has 0 bridgehead atoms. The van der Waals surface area contributed by atoms with Crippen molar-refractivity contribution in [2.24, 2.45) is 4.99 Å². The van der Waals surface area contributed by atoms with Gasteiger partial charge in [0.25, 0.3) is 0 Å². The van der Waals surface area contributed by atoms with Crippen molar-refractivity contribution in [2.45, 2.75) is 13.0 Å². The highest BCUT2D eigenvalue weighted by Gasteiger charge is 2.20. The van der Waals surface area contributed by atoms with E-state index in [4.69, 9.17) is 0 Å². The van der Waals surface area contributed by atoms with Gasteiger partial charge in [-0.05, 0) is 24.1 Å². The van der Waals surface area contributed by atoms with E-state index in [0.29, 0.717) is 6.54 Å². The van der Waals surface area contributed by atoms with Crippen LogP contribution >= 0.6 is 0 Å². The van der Waals surface area contributed by atoms with E-state index in [-0.39, 0.29) is 5.91 Å². The minimum Gasteiger partial charge on any atom is -0.354 e. The Morgan fingerprint density at radius 1 is 1.17 bits per heavy atom. The van der Waals surface area contributed by atoms with Gasteiger partial charge in [-0.2, -0.15) is 0 Å². The summed E-state index contributed by atoms with van der Waals surface area (Å²) in [6.07, 6.45) is 2.73. The third-order valence-corrected chi connectivity index (χ3v) is 4.28. The van der Waals surface area contributed by atoms with Crippen LogP contribution in [0.15, 0.2) is 47.6 Å². The van der Waals surface area contributed by atoms with Crippen LogP contribution in [0.4, 0.5) is 5.82 Å². The highest BCUT2D eigenvalue weighted by atomic mass is 16.2. The summed E-state index contributed by atoms with van der Waals surface area (Å²) in [5.41, 5.74) is 4.53. The van der Waals surface area contributed by atoms with Crippen LogP contribution in [-0.4, -0.2) is 36.2 Å². The van der Waals surface area contributed by atoms with Gasteiger partial charge in [0.1, 0.15) is 5.82 Å². The van der Waals surface area contributed by atoms with E-state index in [0.717, 1.165) is 43.1 Å². The van der Waals surface area contributed by atoms with Gasteiger partial charge in [0.2, 0.25) is 5.91 Å². The molecular weight excluding hydrogens is 288 g/mol. The molecule has 0 aliphatic carbocycles. The van der Waals surface area contributed by atoms with Crippen molar-refractivity contribution >= 4 is 17.4 Å². The normalized spacial score (nSPS) is 17.3. The number of benzene rings is 1. The monoisotopic (exact) mass is 306 g/mol. The molecule has 5 nitrogen and oxygen atoms in total. The summed E-state index contributed by atoms with van der Waals surface area (Å²) in [5, 5.41) is 2.89. The smallest absolute Gasteiger partial charge is 0.239 e. The number of hydrogen-bond acceptors (Lipinski definition) is 4. The molecule has 0 spiro atoms. The van der Waals surface area contributed by atoms with Gasteiger partial charge in [0, 0.05) is 30.4 Å². The zero-order chi connectivity index (χ0) is 15.6. The quantitative estimate of drug-likeness (QED) is 0.920. The van der Waals surface area contributed by atoms with Crippen LogP contribution < -0.4 is 10.2 Å². The number of rotatable bonds is 2. The number of pyridine rings is 1. The number of aromatic nitrogens is 1. The van der Waals surface area contributed by atoms with Crippen LogP contribution in [0.25, 0.3) is 0 Å². The first-order chi connectivity index (χ1) is 11.3. The molecule has 5 heteroatoms. The lowest BCUT2D eigenvalue weighted by Crippen LogP contribution is -2.33. The largest absolute Gasteiger partial charge is 0.354 e.